The number of aryl methyl sites for hydroxylation is 6. The van der Waals surface area contributed by atoms with Gasteiger partial charge in [0, 0.05) is 127 Å². The summed E-state index contributed by atoms with van der Waals surface area (Å²) in [4.78, 5) is 80.2. The maximum absolute atomic E-state index is 12.9. The molecule has 0 aliphatic heterocycles. The molecule has 18 nitrogen and oxygen atoms in total. The summed E-state index contributed by atoms with van der Waals surface area (Å²) < 4.78 is 98.7. The van der Waals surface area contributed by atoms with E-state index in [1.54, 1.807) is 88.5 Å². The van der Waals surface area contributed by atoms with Crippen molar-refractivity contribution in [2.45, 2.75) is 124 Å². The van der Waals surface area contributed by atoms with E-state index in [4.69, 9.17) is 82.2 Å². The summed E-state index contributed by atoms with van der Waals surface area (Å²) in [6, 6.07) is 32.2. The number of nitrogens with two attached hydrogens (primary N) is 3. The summed E-state index contributed by atoms with van der Waals surface area (Å²) >= 11 is 1.41. The number of nitrogens with one attached hydrogen (secondary N) is 1. The third-order valence-corrected chi connectivity index (χ3v) is 17.7. The van der Waals surface area contributed by atoms with Gasteiger partial charge in [-0.2, -0.15) is 0 Å². The van der Waals surface area contributed by atoms with E-state index in [1.807, 2.05) is 55.5 Å². The van der Waals surface area contributed by atoms with Gasteiger partial charge in [0.15, 0.2) is 34.7 Å². The number of rotatable bonds is 20. The van der Waals surface area contributed by atoms with Crippen LogP contribution in [0.15, 0.2) is 169 Å². The molecule has 592 valence electrons. The lowest BCUT2D eigenvalue weighted by atomic mass is 10.1. The molecular formula is C82H94AlBrCl3F5N4O14. The first-order chi connectivity index (χ1) is 53.2. The number of methoxy groups -OCH3 is 1. The van der Waals surface area contributed by atoms with Crippen molar-refractivity contribution in [2.75, 3.05) is 65.0 Å². The Labute approximate surface area is 666 Å². The maximum atomic E-state index is 12.9. The molecule has 0 unspecified atom stereocenters. The molecule has 1 amide bonds. The number of alkyl carbamates (subject to hydrolysis) is 1. The Morgan fingerprint density at radius 2 is 0.727 bits per heavy atom. The first-order valence-electron chi connectivity index (χ1n) is 35.8. The van der Waals surface area contributed by atoms with E-state index < -0.39 is 23.1 Å². The van der Waals surface area contributed by atoms with Gasteiger partial charge in [0.2, 0.25) is 0 Å². The lowest BCUT2D eigenvalue weighted by Crippen LogP contribution is -2.34. The largest absolute Gasteiger partial charge is 0.643 e. The van der Waals surface area contributed by atoms with Gasteiger partial charge in [0.05, 0.1) is 38.8 Å². The fourth-order valence-electron chi connectivity index (χ4n) is 10.9. The molecule has 0 saturated heterocycles. The molecule has 110 heavy (non-hydrogen) atoms. The highest BCUT2D eigenvalue weighted by Crippen LogP contribution is 2.32. The first-order valence-corrected chi connectivity index (χ1v) is 41.2. The van der Waals surface area contributed by atoms with Crippen molar-refractivity contribution >= 4 is 98.3 Å². The fourth-order valence-corrected chi connectivity index (χ4v) is 11.4. The topological polar surface area (TPSA) is 285 Å². The Bertz CT molecular complexity index is 4090. The van der Waals surface area contributed by atoms with E-state index in [1.165, 1.54) is 7.40 Å². The van der Waals surface area contributed by atoms with Crippen molar-refractivity contribution in [2.24, 2.45) is 17.2 Å². The summed E-state index contributed by atoms with van der Waals surface area (Å²) in [6.45, 7) is 7.83. The van der Waals surface area contributed by atoms with Gasteiger partial charge in [-0.3, -0.25) is 28.8 Å². The average Bonchev–Trinajstić information content (AvgIpc) is 1.75. The van der Waals surface area contributed by atoms with Crippen molar-refractivity contribution in [3.63, 3.8) is 0 Å². The minimum Gasteiger partial charge on any atom is -0.508 e. The average molecular weight is 1670 g/mol. The van der Waals surface area contributed by atoms with Gasteiger partial charge in [-0.05, 0) is 177 Å². The Hall–Kier alpha value is -8.48. The van der Waals surface area contributed by atoms with Gasteiger partial charge in [0.1, 0.15) is 66.5 Å². The van der Waals surface area contributed by atoms with Crippen molar-refractivity contribution < 1.29 is 90.4 Å². The number of hydrogen-bond acceptors (Lipinski definition) is 17. The number of alkyl halides is 1. The summed E-state index contributed by atoms with van der Waals surface area (Å²) in [5.41, 5.74) is 28.3. The number of carbonyl (C=O) groups is 7. The number of ketones is 6. The fraction of sp³-hybridized carbons (Fsp3) is 0.354. The molecule has 8 N–H and O–H groups in total. The van der Waals surface area contributed by atoms with Crippen molar-refractivity contribution in [1.82, 2.24) is 5.32 Å². The SMILES string of the molecule is CC(C)(C)OC(=O)NCC(=CF)COc1ccc2c(c1)C(=O)CC2.CCC(=CF)CBr.COc1ccc2c(c1)C(=O)CC2.NC/C(=C/F)COc1ccc2c(c1)C(=O)CC2.NC/C(=C\F)COc1ccc2c(c1)C(=O)CC2.NCC(=CF)COc1ccc2c(c1)C(=O)CC2.O=C1CCc2ccc(O)cc21.[3H]C.[Cl][Al]([Cl])[Cl]. The summed E-state index contributed by atoms with van der Waals surface area (Å²) in [5, 5.41) is 12.2. The lowest BCUT2D eigenvalue weighted by Gasteiger charge is -2.20. The predicted octanol–water partition coefficient (Wildman–Crippen LogP) is 17.9. The first kappa shape index (κ1) is 92.1. The second-order valence-corrected chi connectivity index (χ2v) is 32.9. The molecule has 28 heteroatoms. The minimum atomic E-state index is -1.72. The lowest BCUT2D eigenvalue weighted by molar-refractivity contribution is 0.0530. The van der Waals surface area contributed by atoms with Gasteiger partial charge in [-0.1, -0.05) is 66.7 Å². The minimum absolute atomic E-state index is 0.0186. The standard InChI is InChI=1S/C18H22FNO4.3C13H14FNO2.C10H10O2.C9H8O2.C5H8BrF.CH4.Al.3ClH/c1-18(2,3)24-17(22)20-10-12(9-19)11-23-14-6-4-13-5-7-16(21)15(13)8-14;3*14-6-9(7-15)8-17-11-3-1-10-2-4-13(16)12(10)5-11;1-12-8-4-2-7-3-5-10(11)9(7)6-8;10-7-3-1-6-2-4-9(11)8(6)5-7;1-2-5(3-6)4-7;;;;;/h4,6,8-9H,5,7,10-11H2,1-3H3,(H,20,22);3*1,3,5-6H,2,4,7-8,15H2;2,4,6H,3,5H2,1H3;1,3,5,10H,2,4H2;4H,2-3H2,1H3;1H4;;3*1H/q;;;;;;;;+3;;;/p-3/b;9-6+;9-6-;;;;;;;;;/i;;;;;;;1T;;;;. The molecule has 0 atom stereocenters. The summed E-state index contributed by atoms with van der Waals surface area (Å²) in [6.07, 6.45) is 10.9. The Kier molecular flexibility index (Phi) is 41.1. The summed E-state index contributed by atoms with van der Waals surface area (Å²) in [5.74, 6) is 4.10. The van der Waals surface area contributed by atoms with Crippen molar-refractivity contribution in [1.29, 1.82) is 0 Å². The van der Waals surface area contributed by atoms with E-state index >= 15 is 0 Å². The number of fused-ring (bicyclic) bond motifs is 6. The third kappa shape index (κ3) is 31.4. The third-order valence-electron chi connectivity index (χ3n) is 17.0. The molecule has 6 aliphatic carbocycles. The number of halogens is 9. The van der Waals surface area contributed by atoms with Crippen LogP contribution in [0.4, 0.5) is 26.7 Å². The monoisotopic (exact) mass is 1670 g/mol. The van der Waals surface area contributed by atoms with E-state index in [9.17, 15) is 55.5 Å². The van der Waals surface area contributed by atoms with Crippen LogP contribution in [0.3, 0.4) is 0 Å². The number of benzene rings is 6. The van der Waals surface area contributed by atoms with Crippen LogP contribution in [0.1, 0.15) is 177 Å². The van der Waals surface area contributed by atoms with E-state index in [0.717, 1.165) is 112 Å². The molecule has 0 bridgehead atoms. The van der Waals surface area contributed by atoms with E-state index in [-0.39, 0.29) is 98.6 Å². The summed E-state index contributed by atoms with van der Waals surface area (Å²) in [7, 11) is 17.7. The van der Waals surface area contributed by atoms with Crippen molar-refractivity contribution in [3.05, 3.63) is 235 Å². The van der Waals surface area contributed by atoms with Gasteiger partial charge >= 0.3 is 17.5 Å². The number of aromatic hydroxyl groups is 1. The highest BCUT2D eigenvalue weighted by molar-refractivity contribution is 9.09. The number of carbonyl (C=O) groups excluding carboxylic acids is 7. The molecule has 0 radical (unpaired) electrons. The zero-order chi connectivity index (χ0) is 82.2. The van der Waals surface area contributed by atoms with Crippen LogP contribution in [0, 0.1) is 0 Å². The van der Waals surface area contributed by atoms with Crippen LogP contribution < -0.4 is 46.2 Å². The molecule has 6 aliphatic rings. The van der Waals surface area contributed by atoms with Gasteiger partial charge in [-0.15, -0.1) is 0 Å². The van der Waals surface area contributed by atoms with E-state index in [2.05, 4.69) is 21.2 Å². The van der Waals surface area contributed by atoms with Crippen molar-refractivity contribution in [3.8, 4) is 34.5 Å². The van der Waals surface area contributed by atoms with Crippen LogP contribution >= 0.6 is 46.1 Å². The molecule has 6 aromatic carbocycles. The number of Topliss-reactive ketones (excluding diaryl/α,β-unsaturated/α-hetero) is 6. The maximum Gasteiger partial charge on any atom is 0.643 e. The zero-order valence-electron chi connectivity index (χ0n) is 63.3. The molecule has 6 aromatic rings. The zero-order valence-corrected chi connectivity index (χ0v) is 67.3. The number of hydrogen-bond donors (Lipinski definition) is 5. The van der Waals surface area contributed by atoms with Crippen LogP contribution in [-0.4, -0.2) is 128 Å². The normalized spacial score (nSPS) is 14.2. The second kappa shape index (κ2) is 49.0. The van der Waals surface area contributed by atoms with Crippen LogP contribution in [0.25, 0.3) is 0 Å². The van der Waals surface area contributed by atoms with Gasteiger partial charge in [0.25, 0.3) is 0 Å². The number of amides is 1. The Morgan fingerprint density at radius 3 is 0.964 bits per heavy atom. The van der Waals surface area contributed by atoms with Crippen LogP contribution in [0.2, 0.25) is 0 Å². The molecule has 0 heterocycles. The smallest absolute Gasteiger partial charge is 0.508 e. The van der Waals surface area contributed by atoms with Gasteiger partial charge in [-0.25, -0.2) is 56.9 Å². The number of phenols is 1. The van der Waals surface area contributed by atoms with Crippen LogP contribution in [0.5, 0.6) is 34.5 Å². The number of allylic oxidation sites excluding steroid dienone is 1. The molecule has 0 spiro atoms. The molecule has 0 saturated carbocycles. The highest BCUT2D eigenvalue weighted by atomic mass is 79.9. The molecular weight excluding hydrogens is 1570 g/mol. The number of phenolic OH excluding ortho intramolecular Hbond substituents is 1. The Balaban J connectivity index is 0.000000275. The molecule has 12 rings (SSSR count). The molecule has 0 aromatic heterocycles. The highest BCUT2D eigenvalue weighted by Gasteiger charge is 2.25. The van der Waals surface area contributed by atoms with Crippen LogP contribution in [-0.2, 0) is 43.3 Å². The van der Waals surface area contributed by atoms with Gasteiger partial charge < -0.3 is 56.0 Å². The predicted molar refractivity (Wildman–Crippen MR) is 426 cm³/mol. The quantitative estimate of drug-likeness (QED) is 0.0270. The second-order valence-electron chi connectivity index (χ2n) is 25.9. The van der Waals surface area contributed by atoms with E-state index in [0.29, 0.717) is 126 Å². The number of ether oxygens (including phenoxy) is 6. The molecule has 0 fully saturated rings. The Morgan fingerprint density at radius 1 is 0.473 bits per heavy atom.